The number of hydrogen-bond donors (Lipinski definition) is 0. The molecule has 0 radical (unpaired) electrons. The molecule has 1 unspecified atom stereocenters. The van der Waals surface area contributed by atoms with Crippen LogP contribution in [-0.2, 0) is 4.79 Å². The molecule has 0 aliphatic rings. The van der Waals surface area contributed by atoms with Crippen LogP contribution in [0.1, 0.15) is 31.1 Å². The Balaban J connectivity index is 2.35. The third-order valence-electron chi connectivity index (χ3n) is 2.79. The van der Waals surface area contributed by atoms with Crippen LogP contribution < -0.4 is 4.74 Å². The monoisotopic (exact) mass is 262 g/mol. The maximum absolute atomic E-state index is 12.9. The first-order chi connectivity index (χ1) is 8.97. The number of rotatable bonds is 3. The van der Waals surface area contributed by atoms with Gasteiger partial charge in [-0.05, 0) is 31.5 Å². The Labute approximate surface area is 110 Å². The largest absolute Gasteiger partial charge is 0.408 e. The second-order valence-corrected chi connectivity index (χ2v) is 4.39. The highest BCUT2D eigenvalue weighted by Crippen LogP contribution is 2.24. The molecule has 1 heterocycles. The molecule has 2 rings (SSSR count). The Bertz CT molecular complexity index is 590. The highest BCUT2D eigenvalue weighted by molar-refractivity contribution is 5.68. The smallest absolute Gasteiger partial charge is 0.309 e. The van der Waals surface area contributed by atoms with E-state index in [1.807, 2.05) is 13.8 Å². The maximum atomic E-state index is 12.9. The zero-order valence-electron chi connectivity index (χ0n) is 11.1. The van der Waals surface area contributed by atoms with Crippen molar-refractivity contribution in [2.24, 2.45) is 0 Å². The number of benzene rings is 1. The molecule has 0 saturated heterocycles. The lowest BCUT2D eigenvalue weighted by Gasteiger charge is -2.15. The molecule has 2 aromatic rings. The lowest BCUT2D eigenvalue weighted by molar-refractivity contribution is -0.132. The van der Waals surface area contributed by atoms with Gasteiger partial charge in [-0.25, -0.2) is 9.07 Å². The van der Waals surface area contributed by atoms with Gasteiger partial charge in [0.25, 0.3) is 0 Å². The van der Waals surface area contributed by atoms with Gasteiger partial charge in [-0.2, -0.15) is 5.10 Å². The topological polar surface area (TPSA) is 44.1 Å². The summed E-state index contributed by atoms with van der Waals surface area (Å²) in [5.41, 5.74) is 1.64. The standard InChI is InChI=1S/C14H15FN2O2/c1-9-8-14(19-11(3)18)17(16-9)10(2)12-4-6-13(15)7-5-12/h4-8,10H,1-3H3. The van der Waals surface area contributed by atoms with Crippen LogP contribution >= 0.6 is 0 Å². The second-order valence-electron chi connectivity index (χ2n) is 4.39. The molecule has 1 aromatic carbocycles. The van der Waals surface area contributed by atoms with E-state index >= 15 is 0 Å². The van der Waals surface area contributed by atoms with Gasteiger partial charge in [0.05, 0.1) is 11.7 Å². The Morgan fingerprint density at radius 3 is 2.58 bits per heavy atom. The van der Waals surface area contributed by atoms with Crippen LogP contribution in [0.3, 0.4) is 0 Å². The number of carbonyl (C=O) groups excluding carboxylic acids is 1. The van der Waals surface area contributed by atoms with E-state index in [2.05, 4.69) is 5.10 Å². The molecule has 0 spiro atoms. The maximum Gasteiger partial charge on any atom is 0.309 e. The zero-order valence-corrected chi connectivity index (χ0v) is 11.1. The van der Waals surface area contributed by atoms with Gasteiger partial charge < -0.3 is 4.74 Å². The van der Waals surface area contributed by atoms with Gasteiger partial charge in [-0.1, -0.05) is 12.1 Å². The average Bonchev–Trinajstić information content (AvgIpc) is 2.69. The van der Waals surface area contributed by atoms with E-state index in [0.717, 1.165) is 11.3 Å². The number of aryl methyl sites for hydroxylation is 1. The summed E-state index contributed by atoms with van der Waals surface area (Å²) in [5.74, 6) is -0.290. The van der Waals surface area contributed by atoms with Gasteiger partial charge in [0.1, 0.15) is 5.82 Å². The Morgan fingerprint density at radius 1 is 1.37 bits per heavy atom. The van der Waals surface area contributed by atoms with Gasteiger partial charge in [-0.3, -0.25) is 4.79 Å². The lowest BCUT2D eigenvalue weighted by Crippen LogP contribution is -2.13. The Hall–Kier alpha value is -2.17. The number of ether oxygens (including phenoxy) is 1. The van der Waals surface area contributed by atoms with Crippen molar-refractivity contribution in [3.05, 3.63) is 47.4 Å². The molecule has 0 aliphatic heterocycles. The van der Waals surface area contributed by atoms with Crippen molar-refractivity contribution < 1.29 is 13.9 Å². The summed E-state index contributed by atoms with van der Waals surface area (Å²) in [4.78, 5) is 11.1. The normalized spacial score (nSPS) is 12.2. The highest BCUT2D eigenvalue weighted by Gasteiger charge is 2.16. The lowest BCUT2D eigenvalue weighted by atomic mass is 10.1. The molecule has 0 aliphatic carbocycles. The summed E-state index contributed by atoms with van der Waals surface area (Å²) < 4.78 is 19.7. The number of aromatic nitrogens is 2. The predicted octanol–water partition coefficient (Wildman–Crippen LogP) is 2.87. The van der Waals surface area contributed by atoms with E-state index in [4.69, 9.17) is 4.74 Å². The molecule has 5 heteroatoms. The fourth-order valence-corrected chi connectivity index (χ4v) is 1.88. The zero-order chi connectivity index (χ0) is 14.0. The van der Waals surface area contributed by atoms with Crippen LogP contribution in [0.5, 0.6) is 5.88 Å². The van der Waals surface area contributed by atoms with Crippen molar-refractivity contribution in [1.82, 2.24) is 9.78 Å². The first kappa shape index (κ1) is 13.3. The van der Waals surface area contributed by atoms with Crippen LogP contribution in [0.15, 0.2) is 30.3 Å². The van der Waals surface area contributed by atoms with Crippen LogP contribution in [-0.4, -0.2) is 15.7 Å². The summed E-state index contributed by atoms with van der Waals surface area (Å²) in [6, 6.07) is 7.72. The number of carbonyl (C=O) groups is 1. The average molecular weight is 262 g/mol. The highest BCUT2D eigenvalue weighted by atomic mass is 19.1. The van der Waals surface area contributed by atoms with Crippen LogP contribution in [0, 0.1) is 12.7 Å². The third kappa shape index (κ3) is 2.99. The minimum Gasteiger partial charge on any atom is -0.408 e. The molecule has 0 fully saturated rings. The minimum absolute atomic E-state index is 0.149. The molecular formula is C14H15FN2O2. The minimum atomic E-state index is -0.396. The van der Waals surface area contributed by atoms with Crippen molar-refractivity contribution >= 4 is 5.97 Å². The van der Waals surface area contributed by atoms with Crippen molar-refractivity contribution in [3.63, 3.8) is 0 Å². The molecule has 19 heavy (non-hydrogen) atoms. The number of halogens is 1. The van der Waals surface area contributed by atoms with E-state index in [0.29, 0.717) is 5.88 Å². The fourth-order valence-electron chi connectivity index (χ4n) is 1.88. The molecule has 4 nitrogen and oxygen atoms in total. The van der Waals surface area contributed by atoms with E-state index < -0.39 is 5.97 Å². The Kier molecular flexibility index (Phi) is 3.64. The fraction of sp³-hybridized carbons (Fsp3) is 0.286. The van der Waals surface area contributed by atoms with Crippen molar-refractivity contribution in [3.8, 4) is 5.88 Å². The SMILES string of the molecule is CC(=O)Oc1cc(C)nn1C(C)c1ccc(F)cc1. The number of hydrogen-bond acceptors (Lipinski definition) is 3. The van der Waals surface area contributed by atoms with Crippen molar-refractivity contribution in [1.29, 1.82) is 0 Å². The third-order valence-corrected chi connectivity index (χ3v) is 2.79. The van der Waals surface area contributed by atoms with Gasteiger partial charge in [0.2, 0.25) is 5.88 Å². The summed E-state index contributed by atoms with van der Waals surface area (Å²) in [6.45, 7) is 5.07. The molecule has 0 N–H and O–H groups in total. The molecule has 100 valence electrons. The van der Waals surface area contributed by atoms with Gasteiger partial charge in [0, 0.05) is 13.0 Å². The predicted molar refractivity (Wildman–Crippen MR) is 68.5 cm³/mol. The summed E-state index contributed by atoms with van der Waals surface area (Å²) in [5, 5.41) is 4.31. The quantitative estimate of drug-likeness (QED) is 0.799. The molecule has 1 aromatic heterocycles. The molecule has 0 saturated carbocycles. The molecule has 1 atom stereocenters. The molecular weight excluding hydrogens is 247 g/mol. The number of nitrogens with zero attached hydrogens (tertiary/aromatic N) is 2. The number of esters is 1. The first-order valence-corrected chi connectivity index (χ1v) is 5.97. The van der Waals surface area contributed by atoms with Gasteiger partial charge in [0.15, 0.2) is 0 Å². The van der Waals surface area contributed by atoms with Crippen LogP contribution in [0.2, 0.25) is 0 Å². The van der Waals surface area contributed by atoms with E-state index in [9.17, 15) is 9.18 Å². The summed E-state index contributed by atoms with van der Waals surface area (Å²) >= 11 is 0. The van der Waals surface area contributed by atoms with E-state index in [1.165, 1.54) is 19.1 Å². The molecule has 0 amide bonds. The van der Waals surface area contributed by atoms with Crippen molar-refractivity contribution in [2.75, 3.05) is 0 Å². The van der Waals surface area contributed by atoms with Gasteiger partial charge >= 0.3 is 5.97 Å². The molecule has 0 bridgehead atoms. The van der Waals surface area contributed by atoms with Gasteiger partial charge in [-0.15, -0.1) is 0 Å². The van der Waals surface area contributed by atoms with Crippen LogP contribution in [0.25, 0.3) is 0 Å². The van der Waals surface area contributed by atoms with E-state index in [-0.39, 0.29) is 11.9 Å². The van der Waals surface area contributed by atoms with Crippen LogP contribution in [0.4, 0.5) is 4.39 Å². The second kappa shape index (κ2) is 5.22. The first-order valence-electron chi connectivity index (χ1n) is 5.97. The van der Waals surface area contributed by atoms with Crippen molar-refractivity contribution in [2.45, 2.75) is 26.8 Å². The summed E-state index contributed by atoms with van der Waals surface area (Å²) in [7, 11) is 0. The van der Waals surface area contributed by atoms with E-state index in [1.54, 1.807) is 22.9 Å². The summed E-state index contributed by atoms with van der Waals surface area (Å²) in [6.07, 6.45) is 0. The Morgan fingerprint density at radius 2 is 2.00 bits per heavy atom.